The number of esters is 3. The first-order chi connectivity index (χ1) is 64.8. The largest absolute Gasteiger partial charge is 1.00 e. The molecule has 1 aliphatic carbocycles. The van der Waals surface area contributed by atoms with Gasteiger partial charge in [0.05, 0.1) is 107 Å². The van der Waals surface area contributed by atoms with Crippen LogP contribution in [0.2, 0.25) is 0 Å². The molecule has 0 saturated carbocycles. The Morgan fingerprint density at radius 2 is 0.739 bits per heavy atom. The molecule has 0 unspecified atom stereocenters. The van der Waals surface area contributed by atoms with Gasteiger partial charge < -0.3 is 57.5 Å². The predicted molar refractivity (Wildman–Crippen MR) is 522 cm³/mol. The maximum absolute atomic E-state index is 12.8. The zero-order valence-electron chi connectivity index (χ0n) is 83.2. The Balaban J connectivity index is 0.000000308. The number of ether oxygens (including phenoxy) is 3. The number of pyridine rings is 4. The van der Waals surface area contributed by atoms with E-state index in [1.165, 1.54) is 79.3 Å². The number of methoxy groups -OCH3 is 3. The minimum Gasteiger partial charge on any atom is -1.00 e. The molecule has 15 rings (SSSR count). The molecule has 0 bridgehead atoms. The van der Waals surface area contributed by atoms with Crippen LogP contribution in [0.5, 0.6) is 0 Å². The third kappa shape index (κ3) is 34.1. The second-order valence-electron chi connectivity index (χ2n) is 34.8. The summed E-state index contributed by atoms with van der Waals surface area (Å²) in [6, 6.07) is 63.6. The fourth-order valence-electron chi connectivity index (χ4n) is 16.3. The van der Waals surface area contributed by atoms with Gasteiger partial charge in [-0.1, -0.05) is 200 Å². The van der Waals surface area contributed by atoms with E-state index in [1.54, 1.807) is 104 Å². The molecule has 3 aliphatic heterocycles. The van der Waals surface area contributed by atoms with Crippen LogP contribution < -0.4 is 135 Å². The van der Waals surface area contributed by atoms with E-state index in [2.05, 4.69) is 217 Å². The number of carboxylic acids is 1. The Bertz CT molecular complexity index is 5760. The summed E-state index contributed by atoms with van der Waals surface area (Å²) in [5.74, 6) is -0.413. The summed E-state index contributed by atoms with van der Waals surface area (Å²) in [5, 5.41) is 39.8. The second kappa shape index (κ2) is 58.4. The van der Waals surface area contributed by atoms with Crippen molar-refractivity contribution in [1.29, 1.82) is 5.26 Å². The fourth-order valence-corrected chi connectivity index (χ4v) is 16.3. The molecule has 4 aliphatic rings. The average Bonchev–Trinajstić information content (AvgIpc) is 1.62. The number of hydrogen-bond donors (Lipinski definition) is 6. The molecule has 7 heterocycles. The maximum atomic E-state index is 12.8. The number of nitriles is 1. The number of nitrogens with one attached hydrogen (secondary N) is 5. The van der Waals surface area contributed by atoms with Crippen LogP contribution in [0.15, 0.2) is 219 Å². The smallest absolute Gasteiger partial charge is 1.00 e. The number of amides is 4. The van der Waals surface area contributed by atoms with E-state index >= 15 is 0 Å². The standard InChI is InChI=1S/C28H31N3O3.C27H29N3O3.C21H24N2O3.C20H23N3O3.C9H12.C2H3N.CH2O3.ClH.2K.H/c1-18(2)26-25-24(17-31(26)16-21-7-5-19(3)6-8-21)13-23(15-29-25)27(32)30-14-20-9-11-22(12-10-20)28(33)34-4;1-17(2)25-24-23(16-30(25)15-20-6-4-18(3)5-7-20)12-22(14-28-24)26(31)29-13-19-8-10-21(11-9-19)27(32)33;1-13(2)18-9-8-16-10-17(12-22-19(16)18)20(24)23-11-14-4-6-15(7-5-14)21(25)26-3;1-12(2)17-18-15(10-21-17)8-16(11-22-18)19(24)23-9-13-4-6-14(7-5-13)20(25)26-3;1-3-9-6-4-8(2)5-7-9;1-2-3;2-1-4-3;;;;/h5-13,15,18,26H,14,16-17H2,1-4H3,(H,30,32);4-12,14,17,25H,13,15-16H2,1-3H3,(H,29,31)(H,32,33);4-7,10,12-13,18H,8-9,11H2,1-3H3,(H,23,24);4-8,11-12,17,21H,9-10H2,1-3H3,(H,23,24);4-7H,3H2,1-2H3;1H3;1,3H;1H;;;/q;;;;;;;;2*+1;-1/p-1/t26-;25-;18-;17-;;;;;;;/m0000......./s1. The number of nitrogens with zero attached hydrogens (tertiary/aromatic N) is 7. The topological polar surface area (TPSA) is 376 Å². The van der Waals surface area contributed by atoms with E-state index < -0.39 is 5.97 Å². The Kier molecular flexibility index (Phi) is 49.0. The number of hydrogen-bond acceptors (Lipinski definition) is 22. The van der Waals surface area contributed by atoms with Crippen LogP contribution in [0.4, 0.5) is 0 Å². The minimum atomic E-state index is -0.967. The molecule has 4 aromatic heterocycles. The predicted octanol–water partition coefficient (Wildman–Crippen LogP) is 11.7. The Morgan fingerprint density at radius 1 is 0.449 bits per heavy atom. The molecule has 6 N–H and O–H groups in total. The van der Waals surface area contributed by atoms with Gasteiger partial charge in [-0.15, -0.1) is 12.4 Å². The zero-order valence-corrected chi connectivity index (χ0v) is 89.2. The summed E-state index contributed by atoms with van der Waals surface area (Å²) in [6.45, 7) is 32.7. The van der Waals surface area contributed by atoms with E-state index in [9.17, 15) is 38.4 Å². The van der Waals surface area contributed by atoms with Gasteiger partial charge in [0.1, 0.15) is 0 Å². The van der Waals surface area contributed by atoms with Crippen molar-refractivity contribution in [1.82, 2.24) is 56.3 Å². The van der Waals surface area contributed by atoms with Crippen LogP contribution in [-0.2, 0) is 95.6 Å². The quantitative estimate of drug-likeness (QED) is 0.00732. The molecule has 4 atom stereocenters. The van der Waals surface area contributed by atoms with Crippen molar-refractivity contribution in [3.05, 3.63) is 364 Å². The van der Waals surface area contributed by atoms with Crippen LogP contribution >= 0.6 is 12.4 Å². The molecule has 4 amide bonds. The summed E-state index contributed by atoms with van der Waals surface area (Å²) in [6.07, 6.45) is 9.89. The van der Waals surface area contributed by atoms with Crippen LogP contribution in [0.3, 0.4) is 0 Å². The van der Waals surface area contributed by atoms with Crippen LogP contribution in [-0.4, -0.2) is 110 Å². The van der Waals surface area contributed by atoms with Crippen LogP contribution in [0.1, 0.15) is 285 Å². The number of aryl methyl sites for hydroxylation is 5. The van der Waals surface area contributed by atoms with Gasteiger partial charge in [-0.25, -0.2) is 19.2 Å². The third-order valence-electron chi connectivity index (χ3n) is 23.5. The van der Waals surface area contributed by atoms with Gasteiger partial charge in [0, 0.05) is 102 Å². The molecule has 0 radical (unpaired) electrons. The Hall–Kier alpha value is -10.7. The number of rotatable bonds is 26. The summed E-state index contributed by atoms with van der Waals surface area (Å²) in [5.41, 5.74) is 24.1. The summed E-state index contributed by atoms with van der Waals surface area (Å²) < 4.78 is 14.1. The van der Waals surface area contributed by atoms with Gasteiger partial charge in [0.2, 0.25) is 0 Å². The minimum absolute atomic E-state index is 0. The first kappa shape index (κ1) is 116. The average molecular weight is 1940 g/mol. The monoisotopic (exact) mass is 1940 g/mol. The maximum Gasteiger partial charge on any atom is 1.00 e. The Labute approximate surface area is 902 Å². The molecule has 716 valence electrons. The van der Waals surface area contributed by atoms with Crippen molar-refractivity contribution in [3.8, 4) is 6.07 Å². The summed E-state index contributed by atoms with van der Waals surface area (Å²) in [7, 11) is 4.05. The van der Waals surface area contributed by atoms with Crippen molar-refractivity contribution in [2.45, 2.75) is 192 Å². The van der Waals surface area contributed by atoms with Gasteiger partial charge in [0.15, 0.2) is 0 Å². The van der Waals surface area contributed by atoms with Crippen molar-refractivity contribution < 1.29 is 177 Å². The number of carbonyl (C=O) groups excluding carboxylic acids is 8. The molecule has 7 aromatic carbocycles. The number of aromatic nitrogens is 4. The number of benzene rings is 7. The van der Waals surface area contributed by atoms with E-state index in [1.807, 2.05) is 36.4 Å². The van der Waals surface area contributed by atoms with E-state index in [4.69, 9.17) is 35.1 Å². The first-order valence-electron chi connectivity index (χ1n) is 45.1. The van der Waals surface area contributed by atoms with Crippen LogP contribution in [0.25, 0.3) is 0 Å². The van der Waals surface area contributed by atoms with Gasteiger partial charge in [-0.2, -0.15) is 5.26 Å². The summed E-state index contributed by atoms with van der Waals surface area (Å²) >= 11 is 0. The summed E-state index contributed by atoms with van der Waals surface area (Å²) in [4.78, 5) is 130. The number of aromatic carboxylic acids is 1. The molecule has 0 saturated heterocycles. The Morgan fingerprint density at radius 3 is 1.03 bits per heavy atom. The van der Waals surface area contributed by atoms with E-state index in [0.717, 1.165) is 114 Å². The van der Waals surface area contributed by atoms with Gasteiger partial charge in [-0.3, -0.25) is 53.7 Å². The number of fused-ring (bicyclic) bond motifs is 4. The molecule has 27 nitrogen and oxygen atoms in total. The molecule has 0 spiro atoms. The second-order valence-corrected chi connectivity index (χ2v) is 34.8. The number of carbonyl (C=O) groups is 9. The molecule has 30 heteroatoms. The molecule has 138 heavy (non-hydrogen) atoms. The molecular formula is C108H125ClK2N12O15. The van der Waals surface area contributed by atoms with Crippen molar-refractivity contribution in [2.24, 2.45) is 23.7 Å². The van der Waals surface area contributed by atoms with Crippen molar-refractivity contribution >= 4 is 66.4 Å². The normalized spacial score (nSPS) is 14.2. The number of halogens is 1. The molecule has 0 fully saturated rings. The van der Waals surface area contributed by atoms with E-state index in [0.29, 0.717) is 94.7 Å². The van der Waals surface area contributed by atoms with Gasteiger partial charge in [-0.05, 0) is 198 Å². The van der Waals surface area contributed by atoms with Gasteiger partial charge >= 0.3 is 127 Å². The fraction of sp³-hybridized carbons (Fsp3) is 0.333. The van der Waals surface area contributed by atoms with Crippen molar-refractivity contribution in [3.63, 3.8) is 0 Å². The SMILES string of the molecule is CC#N.CCc1ccc(C)cc1.COC(=O)c1ccc(CNC(=O)c2cnc3c(c2)CC[C@H]3C(C)C)cc1.COC(=O)c1ccc(CNC(=O)c2cnc3c(c2)CN(Cc2ccc(C)cc2)[C@H]3C(C)C)cc1.COC(=O)c1ccc(CNC(=O)c2cnc3c(c2)CN[C@H]3C(C)C)cc1.Cc1ccc(CN2Cc3cc(C(=O)NCc4ccc(C(=O)O)cc4)cnc3[C@@H]2C(C)C)cc1.Cl.O=CO[O-].[H-].[K+].[K+]. The van der Waals surface area contributed by atoms with Crippen LogP contribution in [0, 0.1) is 55.8 Å². The third-order valence-corrected chi connectivity index (χ3v) is 23.5. The molecular weight excluding hydrogens is 1820 g/mol. The van der Waals surface area contributed by atoms with E-state index in [-0.39, 0.29) is 188 Å². The first-order valence-corrected chi connectivity index (χ1v) is 45.1. The molecule has 11 aromatic rings. The number of carboxylic acid groups (broad SMARTS) is 1. The zero-order chi connectivity index (χ0) is 98.0. The van der Waals surface area contributed by atoms with Crippen molar-refractivity contribution in [2.75, 3.05) is 21.3 Å². The van der Waals surface area contributed by atoms with Gasteiger partial charge in [0.25, 0.3) is 30.1 Å².